The second-order valence-corrected chi connectivity index (χ2v) is 4.00. The van der Waals surface area contributed by atoms with Crippen molar-refractivity contribution in [2.75, 3.05) is 18.5 Å². The number of anilines is 1. The Bertz CT molecular complexity index is 449. The number of hydrogen-bond acceptors (Lipinski definition) is 3. The van der Waals surface area contributed by atoms with Crippen LogP contribution in [0.1, 0.15) is 24.0 Å². The van der Waals surface area contributed by atoms with Gasteiger partial charge in [0.15, 0.2) is 0 Å². The van der Waals surface area contributed by atoms with Crippen LogP contribution in [0.3, 0.4) is 0 Å². The van der Waals surface area contributed by atoms with Gasteiger partial charge in [-0.25, -0.2) is 0 Å². The number of carbonyl (C=O) groups is 1. The van der Waals surface area contributed by atoms with Gasteiger partial charge in [-0.1, -0.05) is 12.1 Å². The second kappa shape index (κ2) is 5.90. The molecular weight excluding hydrogens is 216 g/mol. The number of aliphatic carboxylic acids is 1. The molecule has 0 atom stereocenters. The summed E-state index contributed by atoms with van der Waals surface area (Å²) < 4.78 is 0. The van der Waals surface area contributed by atoms with Gasteiger partial charge in [-0.2, -0.15) is 5.26 Å². The quantitative estimate of drug-likeness (QED) is 0.845. The van der Waals surface area contributed by atoms with Crippen LogP contribution in [-0.4, -0.2) is 24.7 Å². The van der Waals surface area contributed by atoms with Crippen molar-refractivity contribution in [2.45, 2.75) is 19.8 Å². The first-order chi connectivity index (χ1) is 8.06. The van der Waals surface area contributed by atoms with Gasteiger partial charge in [-0.05, 0) is 25.0 Å². The molecule has 90 valence electrons. The third kappa shape index (κ3) is 3.49. The standard InChI is InChI=1S/C13H16N2O2/c1-10-5-3-6-11(9-14)13(10)15(2)8-4-7-12(16)17/h3,5-6H,4,7-8H2,1-2H3,(H,16,17). The van der Waals surface area contributed by atoms with E-state index in [0.717, 1.165) is 11.3 Å². The lowest BCUT2D eigenvalue weighted by Gasteiger charge is -2.22. The summed E-state index contributed by atoms with van der Waals surface area (Å²) in [6, 6.07) is 7.73. The molecule has 1 N–H and O–H groups in total. The van der Waals surface area contributed by atoms with E-state index < -0.39 is 5.97 Å². The Labute approximate surface area is 101 Å². The van der Waals surface area contributed by atoms with E-state index in [9.17, 15) is 4.79 Å². The number of nitriles is 1. The Kier molecular flexibility index (Phi) is 4.53. The van der Waals surface area contributed by atoms with Crippen molar-refractivity contribution in [3.8, 4) is 6.07 Å². The maximum atomic E-state index is 10.4. The summed E-state index contributed by atoms with van der Waals surface area (Å²) in [5.74, 6) is -0.788. The minimum Gasteiger partial charge on any atom is -0.481 e. The van der Waals surface area contributed by atoms with Gasteiger partial charge in [0, 0.05) is 20.0 Å². The molecule has 0 aliphatic rings. The SMILES string of the molecule is Cc1cccc(C#N)c1N(C)CCCC(=O)O. The summed E-state index contributed by atoms with van der Waals surface area (Å²) in [4.78, 5) is 12.4. The molecular formula is C13H16N2O2. The normalized spacial score (nSPS) is 9.71. The van der Waals surface area contributed by atoms with E-state index in [-0.39, 0.29) is 6.42 Å². The third-order valence-corrected chi connectivity index (χ3v) is 2.62. The topological polar surface area (TPSA) is 64.3 Å². The Morgan fingerprint density at radius 2 is 2.24 bits per heavy atom. The molecule has 0 saturated carbocycles. The first kappa shape index (κ1) is 13.0. The monoisotopic (exact) mass is 232 g/mol. The van der Waals surface area contributed by atoms with E-state index in [1.807, 2.05) is 31.0 Å². The summed E-state index contributed by atoms with van der Waals surface area (Å²) in [7, 11) is 1.88. The fourth-order valence-electron chi connectivity index (χ4n) is 1.84. The fourth-order valence-corrected chi connectivity index (χ4v) is 1.84. The average Bonchev–Trinajstić information content (AvgIpc) is 2.27. The number of benzene rings is 1. The minimum atomic E-state index is -0.788. The molecule has 17 heavy (non-hydrogen) atoms. The van der Waals surface area contributed by atoms with Gasteiger partial charge in [0.25, 0.3) is 0 Å². The summed E-state index contributed by atoms with van der Waals surface area (Å²) in [6.45, 7) is 2.58. The van der Waals surface area contributed by atoms with Crippen LogP contribution >= 0.6 is 0 Å². The highest BCUT2D eigenvalue weighted by Gasteiger charge is 2.10. The Balaban J connectivity index is 2.78. The fraction of sp³-hybridized carbons (Fsp3) is 0.385. The Morgan fingerprint density at radius 1 is 1.53 bits per heavy atom. The van der Waals surface area contributed by atoms with Gasteiger partial charge in [0.05, 0.1) is 11.3 Å². The summed E-state index contributed by atoms with van der Waals surface area (Å²) in [5, 5.41) is 17.6. The molecule has 4 nitrogen and oxygen atoms in total. The van der Waals surface area contributed by atoms with Crippen molar-refractivity contribution in [1.29, 1.82) is 5.26 Å². The lowest BCUT2D eigenvalue weighted by Crippen LogP contribution is -2.21. The Morgan fingerprint density at radius 3 is 2.82 bits per heavy atom. The zero-order valence-corrected chi connectivity index (χ0v) is 10.1. The van der Waals surface area contributed by atoms with Gasteiger partial charge in [0.2, 0.25) is 0 Å². The van der Waals surface area contributed by atoms with E-state index >= 15 is 0 Å². The maximum Gasteiger partial charge on any atom is 0.303 e. The third-order valence-electron chi connectivity index (χ3n) is 2.62. The highest BCUT2D eigenvalue weighted by molar-refractivity contribution is 5.67. The molecule has 0 aromatic heterocycles. The zero-order chi connectivity index (χ0) is 12.8. The van der Waals surface area contributed by atoms with Crippen molar-refractivity contribution in [3.05, 3.63) is 29.3 Å². The molecule has 0 fully saturated rings. The highest BCUT2D eigenvalue weighted by Crippen LogP contribution is 2.23. The molecule has 0 amide bonds. The average molecular weight is 232 g/mol. The number of carboxylic acid groups (broad SMARTS) is 1. The van der Waals surface area contributed by atoms with E-state index in [4.69, 9.17) is 10.4 Å². The first-order valence-electron chi connectivity index (χ1n) is 5.49. The molecule has 0 heterocycles. The van der Waals surface area contributed by atoms with Crippen LogP contribution in [0, 0.1) is 18.3 Å². The maximum absolute atomic E-state index is 10.4. The van der Waals surface area contributed by atoms with Gasteiger partial charge >= 0.3 is 5.97 Å². The smallest absolute Gasteiger partial charge is 0.303 e. The van der Waals surface area contributed by atoms with E-state index in [2.05, 4.69) is 6.07 Å². The van der Waals surface area contributed by atoms with Crippen molar-refractivity contribution in [1.82, 2.24) is 0 Å². The lowest BCUT2D eigenvalue weighted by atomic mass is 10.1. The molecule has 0 saturated heterocycles. The van der Waals surface area contributed by atoms with Crippen molar-refractivity contribution in [2.24, 2.45) is 0 Å². The summed E-state index contributed by atoms with van der Waals surface area (Å²) >= 11 is 0. The van der Waals surface area contributed by atoms with Crippen LogP contribution in [0.5, 0.6) is 0 Å². The molecule has 0 spiro atoms. The van der Waals surface area contributed by atoms with E-state index in [1.165, 1.54) is 0 Å². The molecule has 0 aliphatic heterocycles. The Hall–Kier alpha value is -2.02. The van der Waals surface area contributed by atoms with Gasteiger partial charge < -0.3 is 10.0 Å². The zero-order valence-electron chi connectivity index (χ0n) is 10.1. The van der Waals surface area contributed by atoms with Crippen LogP contribution in [0.25, 0.3) is 0 Å². The molecule has 4 heteroatoms. The first-order valence-corrected chi connectivity index (χ1v) is 5.49. The van der Waals surface area contributed by atoms with Crippen LogP contribution in [0.2, 0.25) is 0 Å². The highest BCUT2D eigenvalue weighted by atomic mass is 16.4. The summed E-state index contributed by atoms with van der Waals surface area (Å²) in [5.41, 5.74) is 2.55. The van der Waals surface area contributed by atoms with Gasteiger partial charge in [-0.15, -0.1) is 0 Å². The molecule has 0 aliphatic carbocycles. The molecule has 0 unspecified atom stereocenters. The predicted molar refractivity (Wildman–Crippen MR) is 66.0 cm³/mol. The summed E-state index contributed by atoms with van der Waals surface area (Å²) in [6.07, 6.45) is 0.725. The number of rotatable bonds is 5. The molecule has 1 rings (SSSR count). The number of para-hydroxylation sites is 1. The van der Waals surface area contributed by atoms with Crippen molar-refractivity contribution >= 4 is 11.7 Å². The predicted octanol–water partition coefficient (Wildman–Crippen LogP) is 2.17. The molecule has 1 aromatic carbocycles. The van der Waals surface area contributed by atoms with E-state index in [0.29, 0.717) is 18.5 Å². The van der Waals surface area contributed by atoms with Crippen LogP contribution in [0.4, 0.5) is 5.69 Å². The number of hydrogen-bond donors (Lipinski definition) is 1. The second-order valence-electron chi connectivity index (χ2n) is 4.00. The van der Waals surface area contributed by atoms with Gasteiger partial charge in [0.1, 0.15) is 6.07 Å². The van der Waals surface area contributed by atoms with Gasteiger partial charge in [-0.3, -0.25) is 4.79 Å². The van der Waals surface area contributed by atoms with Crippen LogP contribution < -0.4 is 4.90 Å². The number of aryl methyl sites for hydroxylation is 1. The lowest BCUT2D eigenvalue weighted by molar-refractivity contribution is -0.137. The number of nitrogens with zero attached hydrogens (tertiary/aromatic N) is 2. The molecule has 1 aromatic rings. The molecule has 0 bridgehead atoms. The van der Waals surface area contributed by atoms with E-state index in [1.54, 1.807) is 6.07 Å². The van der Waals surface area contributed by atoms with Crippen molar-refractivity contribution in [3.63, 3.8) is 0 Å². The number of carboxylic acids is 1. The van der Waals surface area contributed by atoms with Crippen LogP contribution in [0.15, 0.2) is 18.2 Å². The van der Waals surface area contributed by atoms with Crippen LogP contribution in [-0.2, 0) is 4.79 Å². The minimum absolute atomic E-state index is 0.151. The molecule has 0 radical (unpaired) electrons. The largest absolute Gasteiger partial charge is 0.481 e. The van der Waals surface area contributed by atoms with Crippen molar-refractivity contribution < 1.29 is 9.90 Å².